The fourth-order valence-corrected chi connectivity index (χ4v) is 1.92. The number of carbonyl (C=O) groups excluding carboxylic acids is 1. The maximum absolute atomic E-state index is 12.3. The van der Waals surface area contributed by atoms with Gasteiger partial charge in [-0.3, -0.25) is 9.78 Å². The molecule has 104 valence electrons. The summed E-state index contributed by atoms with van der Waals surface area (Å²) in [7, 11) is 0. The monoisotopic (exact) mass is 289 g/mol. The smallest absolute Gasteiger partial charge is 0.257 e. The highest BCUT2D eigenvalue weighted by Gasteiger charge is 2.12. The first-order chi connectivity index (χ1) is 9.70. The fourth-order valence-electron chi connectivity index (χ4n) is 1.75. The highest BCUT2D eigenvalue weighted by atomic mass is 35.5. The van der Waals surface area contributed by atoms with Crippen molar-refractivity contribution in [1.29, 1.82) is 0 Å². The number of halogens is 1. The molecule has 0 aliphatic heterocycles. The molecule has 0 unspecified atom stereocenters. The van der Waals surface area contributed by atoms with Gasteiger partial charge in [-0.15, -0.1) is 0 Å². The lowest BCUT2D eigenvalue weighted by Gasteiger charge is -2.12. The standard InChI is InChI=1S/C15H16ClN3O/c1-2-7-18-14-4-3-11(16)10-13(14)15(20)19-12-5-8-17-9-6-12/h3-6,8-10,18H,2,7H2,1H3,(H,17,19,20). The fraction of sp³-hybridized carbons (Fsp3) is 0.200. The van der Waals surface area contributed by atoms with Gasteiger partial charge in [-0.05, 0) is 36.8 Å². The van der Waals surface area contributed by atoms with E-state index in [2.05, 4.69) is 22.5 Å². The summed E-state index contributed by atoms with van der Waals surface area (Å²) in [6, 6.07) is 8.72. The zero-order valence-electron chi connectivity index (χ0n) is 11.2. The number of hydrogen-bond donors (Lipinski definition) is 2. The Morgan fingerprint density at radius 3 is 2.70 bits per heavy atom. The lowest BCUT2D eigenvalue weighted by molar-refractivity contribution is 0.102. The third kappa shape index (κ3) is 3.71. The van der Waals surface area contributed by atoms with Gasteiger partial charge in [0.05, 0.1) is 5.56 Å². The van der Waals surface area contributed by atoms with Crippen LogP contribution in [-0.2, 0) is 0 Å². The van der Waals surface area contributed by atoms with Crippen molar-refractivity contribution in [3.8, 4) is 0 Å². The van der Waals surface area contributed by atoms with E-state index in [0.717, 1.165) is 18.7 Å². The van der Waals surface area contributed by atoms with Gasteiger partial charge in [-0.25, -0.2) is 0 Å². The minimum absolute atomic E-state index is 0.197. The van der Waals surface area contributed by atoms with Crippen LogP contribution >= 0.6 is 11.6 Å². The molecule has 0 spiro atoms. The number of amides is 1. The highest BCUT2D eigenvalue weighted by Crippen LogP contribution is 2.22. The SMILES string of the molecule is CCCNc1ccc(Cl)cc1C(=O)Nc1ccncc1. The second kappa shape index (κ2) is 6.91. The van der Waals surface area contributed by atoms with E-state index < -0.39 is 0 Å². The van der Waals surface area contributed by atoms with Gasteiger partial charge >= 0.3 is 0 Å². The van der Waals surface area contributed by atoms with Crippen LogP contribution in [0.4, 0.5) is 11.4 Å². The topological polar surface area (TPSA) is 54.0 Å². The Morgan fingerprint density at radius 1 is 1.25 bits per heavy atom. The van der Waals surface area contributed by atoms with E-state index in [4.69, 9.17) is 11.6 Å². The lowest BCUT2D eigenvalue weighted by Crippen LogP contribution is -2.15. The first-order valence-electron chi connectivity index (χ1n) is 6.45. The minimum Gasteiger partial charge on any atom is -0.384 e. The van der Waals surface area contributed by atoms with Gasteiger partial charge in [-0.2, -0.15) is 0 Å². The normalized spacial score (nSPS) is 10.1. The van der Waals surface area contributed by atoms with Crippen LogP contribution in [0.25, 0.3) is 0 Å². The van der Waals surface area contributed by atoms with Gasteiger partial charge in [0.1, 0.15) is 0 Å². The molecule has 1 aromatic carbocycles. The molecule has 0 aliphatic carbocycles. The van der Waals surface area contributed by atoms with Gasteiger partial charge in [0, 0.05) is 35.3 Å². The van der Waals surface area contributed by atoms with Crippen LogP contribution in [0, 0.1) is 0 Å². The van der Waals surface area contributed by atoms with Crippen molar-refractivity contribution in [2.24, 2.45) is 0 Å². The van der Waals surface area contributed by atoms with Crippen molar-refractivity contribution in [2.45, 2.75) is 13.3 Å². The van der Waals surface area contributed by atoms with Crippen molar-refractivity contribution in [3.05, 3.63) is 53.3 Å². The second-order valence-electron chi connectivity index (χ2n) is 4.31. The summed E-state index contributed by atoms with van der Waals surface area (Å²) in [6.07, 6.45) is 4.24. The number of rotatable bonds is 5. The molecule has 0 atom stereocenters. The van der Waals surface area contributed by atoms with Gasteiger partial charge in [0.2, 0.25) is 0 Å². The largest absolute Gasteiger partial charge is 0.384 e. The van der Waals surface area contributed by atoms with Crippen LogP contribution < -0.4 is 10.6 Å². The summed E-state index contributed by atoms with van der Waals surface area (Å²) < 4.78 is 0. The molecule has 0 bridgehead atoms. The number of hydrogen-bond acceptors (Lipinski definition) is 3. The Kier molecular flexibility index (Phi) is 4.96. The molecule has 0 aliphatic rings. The molecule has 1 aromatic heterocycles. The molecule has 20 heavy (non-hydrogen) atoms. The van der Waals surface area contributed by atoms with Crippen LogP contribution in [0.5, 0.6) is 0 Å². The summed E-state index contributed by atoms with van der Waals surface area (Å²) in [5, 5.41) is 6.58. The number of carbonyl (C=O) groups is 1. The molecule has 1 heterocycles. The van der Waals surface area contributed by atoms with Crippen LogP contribution in [0.3, 0.4) is 0 Å². The third-order valence-electron chi connectivity index (χ3n) is 2.73. The predicted octanol–water partition coefficient (Wildman–Crippen LogP) is 3.81. The van der Waals surface area contributed by atoms with E-state index >= 15 is 0 Å². The highest BCUT2D eigenvalue weighted by molar-refractivity contribution is 6.31. The van der Waals surface area contributed by atoms with Crippen molar-refractivity contribution >= 4 is 28.9 Å². The quantitative estimate of drug-likeness (QED) is 0.880. The number of anilines is 2. The third-order valence-corrected chi connectivity index (χ3v) is 2.96. The molecule has 0 saturated carbocycles. The van der Waals surface area contributed by atoms with Crippen molar-refractivity contribution in [3.63, 3.8) is 0 Å². The van der Waals surface area contributed by atoms with E-state index in [0.29, 0.717) is 16.3 Å². The lowest BCUT2D eigenvalue weighted by atomic mass is 10.1. The van der Waals surface area contributed by atoms with E-state index in [-0.39, 0.29) is 5.91 Å². The van der Waals surface area contributed by atoms with Crippen LogP contribution in [0.1, 0.15) is 23.7 Å². The minimum atomic E-state index is -0.197. The number of aromatic nitrogens is 1. The number of nitrogens with zero attached hydrogens (tertiary/aromatic N) is 1. The number of pyridine rings is 1. The maximum atomic E-state index is 12.3. The molecule has 2 rings (SSSR count). The van der Waals surface area contributed by atoms with Crippen molar-refractivity contribution < 1.29 is 4.79 Å². The van der Waals surface area contributed by atoms with E-state index in [1.54, 1.807) is 36.7 Å². The van der Waals surface area contributed by atoms with Gasteiger partial charge in [0.15, 0.2) is 0 Å². The van der Waals surface area contributed by atoms with Gasteiger partial charge in [-0.1, -0.05) is 18.5 Å². The molecular formula is C15H16ClN3O. The first-order valence-corrected chi connectivity index (χ1v) is 6.83. The second-order valence-corrected chi connectivity index (χ2v) is 4.74. The van der Waals surface area contributed by atoms with E-state index in [1.807, 2.05) is 6.07 Å². The molecule has 0 radical (unpaired) electrons. The average Bonchev–Trinajstić information content (AvgIpc) is 2.47. The summed E-state index contributed by atoms with van der Waals surface area (Å²) in [4.78, 5) is 16.2. The van der Waals surface area contributed by atoms with Gasteiger partial charge in [0.25, 0.3) is 5.91 Å². The molecule has 2 aromatic rings. The molecule has 1 amide bonds. The summed E-state index contributed by atoms with van der Waals surface area (Å²) in [5.74, 6) is -0.197. The zero-order chi connectivity index (χ0) is 14.4. The predicted molar refractivity (Wildman–Crippen MR) is 82.4 cm³/mol. The maximum Gasteiger partial charge on any atom is 0.257 e. The molecule has 5 heteroatoms. The van der Waals surface area contributed by atoms with E-state index in [9.17, 15) is 4.79 Å². The molecule has 0 fully saturated rings. The Morgan fingerprint density at radius 2 is 2.00 bits per heavy atom. The molecule has 0 saturated heterocycles. The van der Waals surface area contributed by atoms with Crippen molar-refractivity contribution in [1.82, 2.24) is 4.98 Å². The van der Waals surface area contributed by atoms with Crippen LogP contribution in [0.15, 0.2) is 42.7 Å². The Labute approximate surface area is 123 Å². The Balaban J connectivity index is 2.21. The summed E-state index contributed by atoms with van der Waals surface area (Å²) in [6.45, 7) is 2.87. The Hall–Kier alpha value is -2.07. The first kappa shape index (κ1) is 14.3. The summed E-state index contributed by atoms with van der Waals surface area (Å²) in [5.41, 5.74) is 2.01. The van der Waals surface area contributed by atoms with Crippen LogP contribution in [-0.4, -0.2) is 17.4 Å². The average molecular weight is 290 g/mol. The number of nitrogens with one attached hydrogen (secondary N) is 2. The van der Waals surface area contributed by atoms with E-state index in [1.165, 1.54) is 0 Å². The molecule has 2 N–H and O–H groups in total. The zero-order valence-corrected chi connectivity index (χ0v) is 11.9. The molecular weight excluding hydrogens is 274 g/mol. The Bertz CT molecular complexity index is 587. The summed E-state index contributed by atoms with van der Waals surface area (Å²) >= 11 is 5.98. The van der Waals surface area contributed by atoms with Crippen LogP contribution in [0.2, 0.25) is 5.02 Å². The van der Waals surface area contributed by atoms with Crippen molar-refractivity contribution in [2.75, 3.05) is 17.2 Å². The van der Waals surface area contributed by atoms with Gasteiger partial charge < -0.3 is 10.6 Å². The molecule has 4 nitrogen and oxygen atoms in total. The number of benzene rings is 1.